The van der Waals surface area contributed by atoms with E-state index in [1.54, 1.807) is 6.92 Å². The van der Waals surface area contributed by atoms with Gasteiger partial charge >= 0.3 is 0 Å². The van der Waals surface area contributed by atoms with Crippen LogP contribution in [0.4, 0.5) is 0 Å². The lowest BCUT2D eigenvalue weighted by molar-refractivity contribution is 0.191. The van der Waals surface area contributed by atoms with E-state index >= 15 is 0 Å². The highest BCUT2D eigenvalue weighted by molar-refractivity contribution is 6.30. The van der Waals surface area contributed by atoms with E-state index in [0.717, 1.165) is 35.0 Å². The van der Waals surface area contributed by atoms with Gasteiger partial charge < -0.3 is 20.5 Å². The lowest BCUT2D eigenvalue weighted by atomic mass is 10.0. The first kappa shape index (κ1) is 26.5. The van der Waals surface area contributed by atoms with Gasteiger partial charge in [-0.25, -0.2) is 0 Å². The van der Waals surface area contributed by atoms with Crippen LogP contribution >= 0.6 is 36.4 Å². The van der Waals surface area contributed by atoms with E-state index in [4.69, 9.17) is 16.3 Å². The molecule has 0 heterocycles. The number of halogens is 3. The molecule has 1 atom stereocenters. The Kier molecular flexibility index (Phi) is 12.1. The van der Waals surface area contributed by atoms with Gasteiger partial charge in [0.25, 0.3) is 0 Å². The maximum atomic E-state index is 9.30. The van der Waals surface area contributed by atoms with Crippen LogP contribution in [0.1, 0.15) is 18.1 Å². The molecular formula is C23H29Cl3N2O2. The van der Waals surface area contributed by atoms with E-state index in [9.17, 15) is 5.11 Å². The molecule has 4 nitrogen and oxygen atoms in total. The zero-order valence-corrected chi connectivity index (χ0v) is 19.3. The minimum atomic E-state index is -0.328. The van der Waals surface area contributed by atoms with Crippen molar-refractivity contribution in [1.82, 2.24) is 10.6 Å². The average molecular weight is 472 g/mol. The predicted molar refractivity (Wildman–Crippen MR) is 130 cm³/mol. The largest absolute Gasteiger partial charge is 0.489 e. The molecule has 0 amide bonds. The predicted octanol–water partition coefficient (Wildman–Crippen LogP) is 4.98. The summed E-state index contributed by atoms with van der Waals surface area (Å²) in [4.78, 5) is 0. The van der Waals surface area contributed by atoms with Gasteiger partial charge in [-0.3, -0.25) is 0 Å². The molecule has 7 heteroatoms. The van der Waals surface area contributed by atoms with Crippen LogP contribution in [0.15, 0.2) is 60.7 Å². The Morgan fingerprint density at radius 1 is 0.933 bits per heavy atom. The first-order chi connectivity index (χ1) is 13.6. The molecule has 0 aliphatic rings. The van der Waals surface area contributed by atoms with Crippen molar-refractivity contribution in [2.24, 2.45) is 0 Å². The SMILES string of the molecule is CC(O)CNCCNCc1c(OCc2ccc(Cl)cc2)ccc2ccccc12.Cl.Cl. The number of ether oxygens (including phenoxy) is 1. The van der Waals surface area contributed by atoms with Crippen LogP contribution in [0.2, 0.25) is 5.02 Å². The molecule has 0 radical (unpaired) electrons. The number of aliphatic hydroxyl groups excluding tert-OH is 1. The molecule has 0 spiro atoms. The first-order valence-electron chi connectivity index (χ1n) is 9.61. The molecule has 30 heavy (non-hydrogen) atoms. The molecule has 164 valence electrons. The number of hydrogen-bond acceptors (Lipinski definition) is 4. The molecule has 3 rings (SSSR count). The first-order valence-corrected chi connectivity index (χ1v) is 9.98. The molecule has 3 aromatic carbocycles. The van der Waals surface area contributed by atoms with Crippen molar-refractivity contribution in [3.63, 3.8) is 0 Å². The summed E-state index contributed by atoms with van der Waals surface area (Å²) in [6.45, 7) is 5.21. The van der Waals surface area contributed by atoms with Gasteiger partial charge in [-0.15, -0.1) is 24.8 Å². The smallest absolute Gasteiger partial charge is 0.124 e. The average Bonchev–Trinajstić information content (AvgIpc) is 2.70. The summed E-state index contributed by atoms with van der Waals surface area (Å²) >= 11 is 5.96. The summed E-state index contributed by atoms with van der Waals surface area (Å²) < 4.78 is 6.15. The van der Waals surface area contributed by atoms with Crippen molar-refractivity contribution in [1.29, 1.82) is 0 Å². The van der Waals surface area contributed by atoms with Crippen molar-refractivity contribution in [2.75, 3.05) is 19.6 Å². The van der Waals surface area contributed by atoms with Crippen LogP contribution in [0.25, 0.3) is 10.8 Å². The summed E-state index contributed by atoms with van der Waals surface area (Å²) in [6, 6.07) is 20.2. The Morgan fingerprint density at radius 3 is 2.37 bits per heavy atom. The normalized spacial score (nSPS) is 11.4. The van der Waals surface area contributed by atoms with Gasteiger partial charge in [0.1, 0.15) is 12.4 Å². The molecule has 0 bridgehead atoms. The lowest BCUT2D eigenvalue weighted by Crippen LogP contribution is -2.31. The fraction of sp³-hybridized carbons (Fsp3) is 0.304. The molecule has 0 saturated heterocycles. The van der Waals surface area contributed by atoms with Gasteiger partial charge in [-0.05, 0) is 41.5 Å². The monoisotopic (exact) mass is 470 g/mol. The number of nitrogens with one attached hydrogen (secondary N) is 2. The number of rotatable bonds is 10. The van der Waals surface area contributed by atoms with Crippen molar-refractivity contribution in [3.8, 4) is 5.75 Å². The minimum absolute atomic E-state index is 0. The Morgan fingerprint density at radius 2 is 1.63 bits per heavy atom. The molecule has 0 aliphatic carbocycles. The molecule has 3 N–H and O–H groups in total. The van der Waals surface area contributed by atoms with Crippen molar-refractivity contribution in [3.05, 3.63) is 76.8 Å². The molecule has 0 saturated carbocycles. The van der Waals surface area contributed by atoms with Crippen molar-refractivity contribution in [2.45, 2.75) is 26.2 Å². The van der Waals surface area contributed by atoms with Crippen LogP contribution in [0, 0.1) is 0 Å². The van der Waals surface area contributed by atoms with Crippen LogP contribution < -0.4 is 15.4 Å². The third kappa shape index (κ3) is 7.95. The van der Waals surface area contributed by atoms with Crippen LogP contribution in [0.3, 0.4) is 0 Å². The highest BCUT2D eigenvalue weighted by Gasteiger charge is 2.09. The van der Waals surface area contributed by atoms with Gasteiger partial charge in [0.2, 0.25) is 0 Å². The highest BCUT2D eigenvalue weighted by Crippen LogP contribution is 2.29. The number of benzene rings is 3. The number of hydrogen-bond donors (Lipinski definition) is 3. The molecular weight excluding hydrogens is 443 g/mol. The van der Waals surface area contributed by atoms with Gasteiger partial charge in [0, 0.05) is 36.8 Å². The maximum absolute atomic E-state index is 9.30. The van der Waals surface area contributed by atoms with E-state index < -0.39 is 0 Å². The standard InChI is InChI=1S/C23H27ClN2O2.2ClH/c1-17(27)14-25-12-13-26-15-22-21-5-3-2-4-19(21)8-11-23(22)28-16-18-6-9-20(24)10-7-18;;/h2-11,17,25-27H,12-16H2,1H3;2*1H. The zero-order valence-electron chi connectivity index (χ0n) is 16.9. The second-order valence-electron chi connectivity index (χ2n) is 6.91. The summed E-state index contributed by atoms with van der Waals surface area (Å²) in [5.74, 6) is 0.887. The Balaban J connectivity index is 0.00000225. The topological polar surface area (TPSA) is 53.5 Å². The highest BCUT2D eigenvalue weighted by atomic mass is 35.5. The van der Waals surface area contributed by atoms with Gasteiger partial charge in [0.05, 0.1) is 6.10 Å². The molecule has 1 unspecified atom stereocenters. The van der Waals surface area contributed by atoms with E-state index in [1.807, 2.05) is 36.4 Å². The minimum Gasteiger partial charge on any atom is -0.489 e. The number of aliphatic hydroxyl groups is 1. The van der Waals surface area contributed by atoms with Crippen LogP contribution in [0.5, 0.6) is 5.75 Å². The second-order valence-corrected chi connectivity index (χ2v) is 7.34. The Labute approximate surface area is 195 Å². The molecule has 0 fully saturated rings. The molecule has 0 aromatic heterocycles. The van der Waals surface area contributed by atoms with E-state index in [1.165, 1.54) is 10.8 Å². The van der Waals surface area contributed by atoms with Crippen LogP contribution in [-0.2, 0) is 13.2 Å². The zero-order chi connectivity index (χ0) is 19.8. The quantitative estimate of drug-likeness (QED) is 0.365. The fourth-order valence-electron chi connectivity index (χ4n) is 3.08. The van der Waals surface area contributed by atoms with E-state index in [-0.39, 0.29) is 30.9 Å². The maximum Gasteiger partial charge on any atom is 0.124 e. The van der Waals surface area contributed by atoms with Crippen molar-refractivity contribution >= 4 is 47.2 Å². The summed E-state index contributed by atoms with van der Waals surface area (Å²) in [5.41, 5.74) is 2.24. The molecule has 0 aliphatic heterocycles. The van der Waals surface area contributed by atoms with E-state index in [2.05, 4.69) is 34.9 Å². The molecule has 3 aromatic rings. The Hall–Kier alpha value is -1.53. The van der Waals surface area contributed by atoms with E-state index in [0.29, 0.717) is 19.7 Å². The van der Waals surface area contributed by atoms with Gasteiger partial charge in [-0.2, -0.15) is 0 Å². The third-order valence-corrected chi connectivity index (χ3v) is 4.78. The summed E-state index contributed by atoms with van der Waals surface area (Å²) in [5, 5.41) is 19.1. The summed E-state index contributed by atoms with van der Waals surface area (Å²) in [7, 11) is 0. The second kappa shape index (κ2) is 13.7. The van der Waals surface area contributed by atoms with Gasteiger partial charge in [-0.1, -0.05) is 54.1 Å². The van der Waals surface area contributed by atoms with Crippen molar-refractivity contribution < 1.29 is 9.84 Å². The Bertz CT molecular complexity index is 889. The fourth-order valence-corrected chi connectivity index (χ4v) is 3.20. The lowest BCUT2D eigenvalue weighted by Gasteiger charge is -2.15. The summed E-state index contributed by atoms with van der Waals surface area (Å²) in [6.07, 6.45) is -0.328. The van der Waals surface area contributed by atoms with Crippen LogP contribution in [-0.4, -0.2) is 30.8 Å². The van der Waals surface area contributed by atoms with Gasteiger partial charge in [0.15, 0.2) is 0 Å². The number of fused-ring (bicyclic) bond motifs is 1. The third-order valence-electron chi connectivity index (χ3n) is 4.53.